The molecule has 1 heterocycles. The third-order valence-corrected chi connectivity index (χ3v) is 2.11. The van der Waals surface area contributed by atoms with Crippen molar-refractivity contribution in [2.75, 3.05) is 13.1 Å². The van der Waals surface area contributed by atoms with Crippen LogP contribution in [0.1, 0.15) is 19.8 Å². The molecule has 0 spiro atoms. The Labute approximate surface area is 87.8 Å². The van der Waals surface area contributed by atoms with Gasteiger partial charge in [0.05, 0.1) is 0 Å². The van der Waals surface area contributed by atoms with Crippen LogP contribution in [0.15, 0.2) is 0 Å². The molecule has 1 aliphatic heterocycles. The lowest BCUT2D eigenvalue weighted by Gasteiger charge is -2.10. The van der Waals surface area contributed by atoms with Crippen molar-refractivity contribution in [2.45, 2.75) is 25.8 Å². The summed E-state index contributed by atoms with van der Waals surface area (Å²) >= 11 is 0. The summed E-state index contributed by atoms with van der Waals surface area (Å²) in [5, 5.41) is 7.76. The second kappa shape index (κ2) is 5.33. The first kappa shape index (κ1) is 11.5. The first-order chi connectivity index (χ1) is 7.09. The Hall–Kier alpha value is -1.59. The molecule has 3 amide bonds. The quantitative estimate of drug-likeness (QED) is 0.497. The molecular weight excluding hydrogens is 198 g/mol. The summed E-state index contributed by atoms with van der Waals surface area (Å²) in [5.41, 5.74) is 0. The molecule has 1 saturated heterocycles. The minimum atomic E-state index is -0.408. The van der Waals surface area contributed by atoms with E-state index in [0.717, 1.165) is 0 Å². The van der Waals surface area contributed by atoms with Gasteiger partial charge < -0.3 is 16.0 Å². The van der Waals surface area contributed by atoms with E-state index in [4.69, 9.17) is 0 Å². The third-order valence-electron chi connectivity index (χ3n) is 2.11. The van der Waals surface area contributed by atoms with Gasteiger partial charge in [-0.1, -0.05) is 0 Å². The molecule has 0 saturated carbocycles. The predicted molar refractivity (Wildman–Crippen MR) is 52.9 cm³/mol. The van der Waals surface area contributed by atoms with E-state index in [0.29, 0.717) is 25.9 Å². The monoisotopic (exact) mass is 213 g/mol. The van der Waals surface area contributed by atoms with Crippen LogP contribution in [0.3, 0.4) is 0 Å². The Balaban J connectivity index is 2.13. The zero-order valence-electron chi connectivity index (χ0n) is 8.63. The highest BCUT2D eigenvalue weighted by atomic mass is 16.2. The molecule has 0 aromatic heterocycles. The van der Waals surface area contributed by atoms with Crippen LogP contribution in [0.4, 0.5) is 0 Å². The number of carbonyl (C=O) groups is 3. The number of rotatable bonds is 4. The average Bonchev–Trinajstić information content (AvgIpc) is 2.59. The molecule has 3 N–H and O–H groups in total. The molecule has 0 radical (unpaired) electrons. The van der Waals surface area contributed by atoms with E-state index in [1.165, 1.54) is 6.92 Å². The predicted octanol–water partition coefficient (Wildman–Crippen LogP) is -1.48. The van der Waals surface area contributed by atoms with E-state index in [1.54, 1.807) is 0 Å². The van der Waals surface area contributed by atoms with Crippen LogP contribution in [-0.2, 0) is 14.4 Å². The molecule has 0 aromatic carbocycles. The molecule has 1 aliphatic rings. The normalized spacial score (nSPS) is 19.5. The van der Waals surface area contributed by atoms with Gasteiger partial charge in [-0.3, -0.25) is 14.4 Å². The second-order valence-electron chi connectivity index (χ2n) is 3.43. The summed E-state index contributed by atoms with van der Waals surface area (Å²) in [7, 11) is 0. The van der Waals surface area contributed by atoms with Gasteiger partial charge in [-0.05, 0) is 6.42 Å². The molecule has 1 atom stereocenters. The number of hydrogen-bond acceptors (Lipinski definition) is 3. The molecule has 1 rings (SSSR count). The average molecular weight is 213 g/mol. The molecule has 84 valence electrons. The summed E-state index contributed by atoms with van der Waals surface area (Å²) in [6.07, 6.45) is 0.953. The second-order valence-corrected chi connectivity index (χ2v) is 3.43. The van der Waals surface area contributed by atoms with Crippen molar-refractivity contribution < 1.29 is 14.4 Å². The van der Waals surface area contributed by atoms with Gasteiger partial charge in [0.25, 0.3) is 0 Å². The molecule has 1 unspecified atom stereocenters. The van der Waals surface area contributed by atoms with Crippen molar-refractivity contribution in [1.29, 1.82) is 0 Å². The molecule has 0 bridgehead atoms. The molecule has 0 aromatic rings. The van der Waals surface area contributed by atoms with Crippen LogP contribution in [0.2, 0.25) is 0 Å². The van der Waals surface area contributed by atoms with Crippen LogP contribution >= 0.6 is 0 Å². The fourth-order valence-electron chi connectivity index (χ4n) is 1.36. The highest BCUT2D eigenvalue weighted by molar-refractivity contribution is 5.90. The summed E-state index contributed by atoms with van der Waals surface area (Å²) in [6, 6.07) is -0.408. The molecule has 1 fully saturated rings. The zero-order valence-corrected chi connectivity index (χ0v) is 8.63. The minimum absolute atomic E-state index is 0.0861. The van der Waals surface area contributed by atoms with Gasteiger partial charge in [0.2, 0.25) is 17.7 Å². The van der Waals surface area contributed by atoms with Crippen molar-refractivity contribution in [3.8, 4) is 0 Å². The smallest absolute Gasteiger partial charge is 0.242 e. The largest absolute Gasteiger partial charge is 0.355 e. The summed E-state index contributed by atoms with van der Waals surface area (Å²) in [5.74, 6) is -0.401. The third kappa shape index (κ3) is 3.97. The van der Waals surface area contributed by atoms with Crippen LogP contribution in [0.5, 0.6) is 0 Å². The number of nitrogens with one attached hydrogen (secondary N) is 3. The highest BCUT2D eigenvalue weighted by Crippen LogP contribution is 2.05. The first-order valence-electron chi connectivity index (χ1n) is 4.91. The Kier molecular flexibility index (Phi) is 4.08. The van der Waals surface area contributed by atoms with Gasteiger partial charge in [0, 0.05) is 26.4 Å². The van der Waals surface area contributed by atoms with Crippen molar-refractivity contribution in [1.82, 2.24) is 16.0 Å². The van der Waals surface area contributed by atoms with Gasteiger partial charge in [-0.15, -0.1) is 0 Å². The maximum absolute atomic E-state index is 11.4. The van der Waals surface area contributed by atoms with Crippen molar-refractivity contribution in [3.63, 3.8) is 0 Å². The van der Waals surface area contributed by atoms with Crippen LogP contribution in [0.25, 0.3) is 0 Å². The van der Waals surface area contributed by atoms with E-state index in [-0.39, 0.29) is 17.7 Å². The van der Waals surface area contributed by atoms with Crippen molar-refractivity contribution in [2.24, 2.45) is 0 Å². The van der Waals surface area contributed by atoms with E-state index in [2.05, 4.69) is 16.0 Å². The Morgan fingerprint density at radius 1 is 1.40 bits per heavy atom. The van der Waals surface area contributed by atoms with Crippen molar-refractivity contribution in [3.05, 3.63) is 0 Å². The van der Waals surface area contributed by atoms with Gasteiger partial charge in [0.1, 0.15) is 6.04 Å². The summed E-state index contributed by atoms with van der Waals surface area (Å²) in [6.45, 7) is 2.20. The highest BCUT2D eigenvalue weighted by Gasteiger charge is 2.26. The topological polar surface area (TPSA) is 87.3 Å². The van der Waals surface area contributed by atoms with Gasteiger partial charge in [0.15, 0.2) is 0 Å². The Bertz CT molecular complexity index is 278. The van der Waals surface area contributed by atoms with Gasteiger partial charge in [-0.2, -0.15) is 0 Å². The number of carbonyl (C=O) groups excluding carboxylic acids is 3. The lowest BCUT2D eigenvalue weighted by atomic mass is 10.2. The van der Waals surface area contributed by atoms with E-state index >= 15 is 0 Å². The Morgan fingerprint density at radius 2 is 2.07 bits per heavy atom. The van der Waals surface area contributed by atoms with Gasteiger partial charge in [-0.25, -0.2) is 0 Å². The van der Waals surface area contributed by atoms with Gasteiger partial charge >= 0.3 is 0 Å². The molecule has 6 nitrogen and oxygen atoms in total. The maximum atomic E-state index is 11.4. The van der Waals surface area contributed by atoms with Crippen molar-refractivity contribution >= 4 is 17.7 Å². The fraction of sp³-hybridized carbons (Fsp3) is 0.667. The maximum Gasteiger partial charge on any atom is 0.242 e. The molecule has 6 heteroatoms. The summed E-state index contributed by atoms with van der Waals surface area (Å²) < 4.78 is 0. The molecular formula is C9H15N3O3. The van der Waals surface area contributed by atoms with E-state index in [9.17, 15) is 14.4 Å². The summed E-state index contributed by atoms with van der Waals surface area (Å²) in [4.78, 5) is 32.7. The lowest BCUT2D eigenvalue weighted by molar-refractivity contribution is -0.125. The number of hydrogen-bond donors (Lipinski definition) is 3. The standard InChI is InChI=1S/C9H15N3O3/c1-6(13)10-4-5-11-9(15)7-2-3-8(14)12-7/h7H,2-5H2,1H3,(H,10,13)(H,11,15)(H,12,14). The fourth-order valence-corrected chi connectivity index (χ4v) is 1.36. The molecule has 0 aliphatic carbocycles. The minimum Gasteiger partial charge on any atom is -0.355 e. The Morgan fingerprint density at radius 3 is 2.60 bits per heavy atom. The van der Waals surface area contributed by atoms with E-state index in [1.807, 2.05) is 0 Å². The van der Waals surface area contributed by atoms with E-state index < -0.39 is 6.04 Å². The van der Waals surface area contributed by atoms with Crippen LogP contribution in [0, 0.1) is 0 Å². The lowest BCUT2D eigenvalue weighted by Crippen LogP contribution is -2.44. The zero-order chi connectivity index (χ0) is 11.3. The number of amides is 3. The SMILES string of the molecule is CC(=O)NCCNC(=O)C1CCC(=O)N1. The van der Waals surface area contributed by atoms with Crippen LogP contribution < -0.4 is 16.0 Å². The molecule has 15 heavy (non-hydrogen) atoms. The first-order valence-corrected chi connectivity index (χ1v) is 4.91. The van der Waals surface area contributed by atoms with Crippen LogP contribution in [-0.4, -0.2) is 36.9 Å².